The van der Waals surface area contributed by atoms with Crippen LogP contribution in [-0.4, -0.2) is 29.2 Å². The number of esters is 1. The molecule has 0 fully saturated rings. The van der Waals surface area contributed by atoms with Gasteiger partial charge < -0.3 is 9.30 Å². The van der Waals surface area contributed by atoms with Gasteiger partial charge in [0.15, 0.2) is 11.2 Å². The second kappa shape index (κ2) is 6.85. The zero-order valence-corrected chi connectivity index (χ0v) is 14.8. The number of hydrogen-bond acceptors (Lipinski definition) is 4. The van der Waals surface area contributed by atoms with E-state index in [0.717, 1.165) is 17.0 Å². The number of ether oxygens (including phenoxy) is 1. The van der Waals surface area contributed by atoms with Gasteiger partial charge in [-0.05, 0) is 43.4 Å². The summed E-state index contributed by atoms with van der Waals surface area (Å²) in [4.78, 5) is 27.3. The van der Waals surface area contributed by atoms with Crippen LogP contribution in [0.3, 0.4) is 0 Å². The van der Waals surface area contributed by atoms with Crippen molar-refractivity contribution in [2.45, 2.75) is 36.6 Å². The first kappa shape index (κ1) is 16.8. The van der Waals surface area contributed by atoms with E-state index in [-0.39, 0.29) is 5.78 Å². The Balaban J connectivity index is 2.06. The van der Waals surface area contributed by atoms with E-state index in [1.165, 1.54) is 0 Å². The molecule has 126 valence electrons. The van der Waals surface area contributed by atoms with Gasteiger partial charge in [0.2, 0.25) is 0 Å². The molecule has 1 atom stereocenters. The Labute approximate surface area is 146 Å². The van der Waals surface area contributed by atoms with E-state index in [1.807, 2.05) is 54.3 Å². The van der Waals surface area contributed by atoms with E-state index in [1.54, 1.807) is 17.8 Å². The molecule has 1 aromatic carbocycles. The highest BCUT2D eigenvalue weighted by atomic mass is 32.2. The number of aromatic nitrogens is 1. The zero-order chi connectivity index (χ0) is 17.2. The zero-order valence-electron chi connectivity index (χ0n) is 14.0. The van der Waals surface area contributed by atoms with Crippen LogP contribution in [0, 0.1) is 0 Å². The lowest BCUT2D eigenvalue weighted by atomic mass is 9.76. The van der Waals surface area contributed by atoms with Crippen LogP contribution >= 0.6 is 11.8 Å². The third-order valence-corrected chi connectivity index (χ3v) is 5.23. The SMILES string of the molecule is CCCOC(=O)C1(C(=O)c2cccc(SC)c2)CCn2cccc21. The molecule has 2 aromatic rings. The van der Waals surface area contributed by atoms with Gasteiger partial charge in [0.05, 0.1) is 6.61 Å². The van der Waals surface area contributed by atoms with Crippen molar-refractivity contribution in [2.24, 2.45) is 0 Å². The molecule has 1 aliphatic heterocycles. The molecular formula is C19H21NO3S. The molecule has 24 heavy (non-hydrogen) atoms. The second-order valence-electron chi connectivity index (χ2n) is 5.94. The first-order valence-corrected chi connectivity index (χ1v) is 9.37. The Morgan fingerprint density at radius 3 is 2.88 bits per heavy atom. The average molecular weight is 343 g/mol. The highest BCUT2D eigenvalue weighted by molar-refractivity contribution is 7.98. The fourth-order valence-corrected chi connectivity index (χ4v) is 3.73. The van der Waals surface area contributed by atoms with Gasteiger partial charge in [-0.1, -0.05) is 19.1 Å². The maximum absolute atomic E-state index is 13.4. The highest BCUT2D eigenvalue weighted by Gasteiger charge is 2.53. The normalized spacial score (nSPS) is 19.1. The summed E-state index contributed by atoms with van der Waals surface area (Å²) in [5, 5.41) is 0. The van der Waals surface area contributed by atoms with Crippen LogP contribution < -0.4 is 0 Å². The Kier molecular flexibility index (Phi) is 4.81. The van der Waals surface area contributed by atoms with Crippen molar-refractivity contribution in [2.75, 3.05) is 12.9 Å². The lowest BCUT2D eigenvalue weighted by Gasteiger charge is -2.25. The van der Waals surface area contributed by atoms with Crippen molar-refractivity contribution in [1.82, 2.24) is 4.57 Å². The first-order valence-electron chi connectivity index (χ1n) is 8.15. The van der Waals surface area contributed by atoms with Crippen molar-refractivity contribution in [3.05, 3.63) is 53.9 Å². The number of rotatable bonds is 6. The predicted molar refractivity (Wildman–Crippen MR) is 94.5 cm³/mol. The molecule has 1 unspecified atom stereocenters. The minimum atomic E-state index is -1.23. The van der Waals surface area contributed by atoms with Crippen LogP contribution in [0.25, 0.3) is 0 Å². The number of fused-ring (bicyclic) bond motifs is 1. The number of carbonyl (C=O) groups excluding carboxylic acids is 2. The number of carbonyl (C=O) groups is 2. The van der Waals surface area contributed by atoms with Gasteiger partial charge >= 0.3 is 5.97 Å². The molecule has 0 radical (unpaired) electrons. The van der Waals surface area contributed by atoms with Crippen LogP contribution in [0.2, 0.25) is 0 Å². The quantitative estimate of drug-likeness (QED) is 0.347. The molecule has 0 aliphatic carbocycles. The molecule has 3 rings (SSSR count). The minimum Gasteiger partial charge on any atom is -0.465 e. The topological polar surface area (TPSA) is 48.3 Å². The number of hydrogen-bond donors (Lipinski definition) is 0. The lowest BCUT2D eigenvalue weighted by molar-refractivity contribution is -0.148. The second-order valence-corrected chi connectivity index (χ2v) is 6.82. The molecule has 0 saturated heterocycles. The number of benzene rings is 1. The number of aryl methyl sites for hydroxylation is 1. The van der Waals surface area contributed by atoms with Crippen LogP contribution in [0.5, 0.6) is 0 Å². The van der Waals surface area contributed by atoms with Crippen molar-refractivity contribution >= 4 is 23.5 Å². The Hall–Kier alpha value is -2.01. The maximum Gasteiger partial charge on any atom is 0.326 e. The lowest BCUT2D eigenvalue weighted by Crippen LogP contribution is -2.43. The van der Waals surface area contributed by atoms with E-state index < -0.39 is 11.4 Å². The standard InChI is InChI=1S/C19H21NO3S/c1-3-12-23-18(22)19(9-11-20-10-5-8-16(19)20)17(21)14-6-4-7-15(13-14)24-2/h4-8,10,13H,3,9,11-12H2,1-2H3. The van der Waals surface area contributed by atoms with E-state index in [2.05, 4.69) is 0 Å². The molecule has 4 nitrogen and oxygen atoms in total. The molecule has 0 bridgehead atoms. The Morgan fingerprint density at radius 2 is 2.12 bits per heavy atom. The van der Waals surface area contributed by atoms with Crippen molar-refractivity contribution < 1.29 is 14.3 Å². The predicted octanol–water partition coefficient (Wildman–Crippen LogP) is 3.69. The molecule has 2 heterocycles. The van der Waals surface area contributed by atoms with Crippen LogP contribution in [0.1, 0.15) is 35.8 Å². The maximum atomic E-state index is 13.4. The third kappa shape index (κ3) is 2.67. The van der Waals surface area contributed by atoms with Crippen molar-refractivity contribution in [3.63, 3.8) is 0 Å². The van der Waals surface area contributed by atoms with E-state index in [4.69, 9.17) is 4.74 Å². The summed E-state index contributed by atoms with van der Waals surface area (Å²) in [6, 6.07) is 11.2. The fourth-order valence-electron chi connectivity index (χ4n) is 3.27. The number of nitrogens with zero attached hydrogens (tertiary/aromatic N) is 1. The van der Waals surface area contributed by atoms with Crippen LogP contribution in [0.4, 0.5) is 0 Å². The van der Waals surface area contributed by atoms with E-state index in [0.29, 0.717) is 25.1 Å². The monoisotopic (exact) mass is 343 g/mol. The Bertz CT molecular complexity index is 767. The Morgan fingerprint density at radius 1 is 1.29 bits per heavy atom. The van der Waals surface area contributed by atoms with Crippen LogP contribution in [0.15, 0.2) is 47.5 Å². The van der Waals surface area contributed by atoms with E-state index in [9.17, 15) is 9.59 Å². The minimum absolute atomic E-state index is 0.169. The molecule has 0 saturated carbocycles. The van der Waals surface area contributed by atoms with Crippen molar-refractivity contribution in [1.29, 1.82) is 0 Å². The van der Waals surface area contributed by atoms with Gasteiger partial charge in [0.25, 0.3) is 0 Å². The molecule has 1 aliphatic rings. The molecular weight excluding hydrogens is 322 g/mol. The molecule has 0 N–H and O–H groups in total. The molecule has 0 spiro atoms. The third-order valence-electron chi connectivity index (χ3n) is 4.50. The summed E-state index contributed by atoms with van der Waals surface area (Å²) in [7, 11) is 0. The number of Topliss-reactive ketones (excluding diaryl/α,β-unsaturated/α-hetero) is 1. The van der Waals surface area contributed by atoms with Gasteiger partial charge in [0, 0.05) is 28.9 Å². The molecule has 0 amide bonds. The van der Waals surface area contributed by atoms with Gasteiger partial charge in [-0.15, -0.1) is 11.8 Å². The average Bonchev–Trinajstić information content (AvgIpc) is 3.22. The summed E-state index contributed by atoms with van der Waals surface area (Å²) in [6.45, 7) is 2.93. The van der Waals surface area contributed by atoms with Gasteiger partial charge in [-0.2, -0.15) is 0 Å². The van der Waals surface area contributed by atoms with E-state index >= 15 is 0 Å². The summed E-state index contributed by atoms with van der Waals surface area (Å²) in [5.74, 6) is -0.599. The largest absolute Gasteiger partial charge is 0.465 e. The summed E-state index contributed by atoms with van der Waals surface area (Å²) in [6.07, 6.45) is 5.07. The first-order chi connectivity index (χ1) is 11.6. The number of thioether (sulfide) groups is 1. The number of ketones is 1. The van der Waals surface area contributed by atoms with Crippen molar-refractivity contribution in [3.8, 4) is 0 Å². The van der Waals surface area contributed by atoms with Gasteiger partial charge in [0.1, 0.15) is 0 Å². The summed E-state index contributed by atoms with van der Waals surface area (Å²) in [5.41, 5.74) is 0.0727. The smallest absolute Gasteiger partial charge is 0.326 e. The van der Waals surface area contributed by atoms with Crippen LogP contribution in [-0.2, 0) is 21.5 Å². The summed E-state index contributed by atoms with van der Waals surface area (Å²) >= 11 is 1.58. The highest BCUT2D eigenvalue weighted by Crippen LogP contribution is 2.40. The fraction of sp³-hybridized carbons (Fsp3) is 0.368. The molecule has 5 heteroatoms. The van der Waals surface area contributed by atoms with Gasteiger partial charge in [-0.3, -0.25) is 9.59 Å². The molecule has 1 aromatic heterocycles. The summed E-state index contributed by atoms with van der Waals surface area (Å²) < 4.78 is 7.40. The van der Waals surface area contributed by atoms with Gasteiger partial charge in [-0.25, -0.2) is 0 Å².